The molecule has 1 aliphatic heterocycles. The van der Waals surface area contributed by atoms with Crippen molar-refractivity contribution in [1.29, 1.82) is 0 Å². The lowest BCUT2D eigenvalue weighted by Crippen LogP contribution is -2.32. The zero-order valence-electron chi connectivity index (χ0n) is 14.1. The van der Waals surface area contributed by atoms with Crippen LogP contribution in [0.3, 0.4) is 0 Å². The number of nitrogens with one attached hydrogen (secondary N) is 1. The number of hydrogen-bond donors (Lipinski definition) is 1. The molecule has 1 fully saturated rings. The minimum Gasteiger partial charge on any atom is -0.338 e. The fourth-order valence-corrected chi connectivity index (χ4v) is 2.85. The Bertz CT molecular complexity index is 615. The Kier molecular flexibility index (Phi) is 5.23. The van der Waals surface area contributed by atoms with E-state index in [0.29, 0.717) is 5.92 Å². The van der Waals surface area contributed by atoms with E-state index in [1.165, 1.54) is 32.4 Å². The number of piperidine rings is 1. The first-order chi connectivity index (χ1) is 11.2. The lowest BCUT2D eigenvalue weighted by atomic mass is 10.1. The summed E-state index contributed by atoms with van der Waals surface area (Å²) in [5.74, 6) is 2.00. The Labute approximate surface area is 137 Å². The highest BCUT2D eigenvalue weighted by Crippen LogP contribution is 2.16. The minimum absolute atomic E-state index is 0.323. The van der Waals surface area contributed by atoms with E-state index in [1.54, 1.807) is 6.20 Å². The van der Waals surface area contributed by atoms with Crippen molar-refractivity contribution < 1.29 is 0 Å². The number of likely N-dealkylation sites (tertiary alicyclic amines) is 1. The topological polar surface area (TPSA) is 58.9 Å². The molecule has 23 heavy (non-hydrogen) atoms. The number of aromatic nitrogens is 4. The van der Waals surface area contributed by atoms with E-state index in [0.717, 1.165) is 30.4 Å². The first kappa shape index (κ1) is 15.9. The second-order valence-electron chi connectivity index (χ2n) is 6.47. The van der Waals surface area contributed by atoms with Gasteiger partial charge in [0, 0.05) is 24.9 Å². The molecule has 1 aliphatic rings. The molecule has 0 amide bonds. The minimum atomic E-state index is 0.323. The second kappa shape index (κ2) is 7.55. The summed E-state index contributed by atoms with van der Waals surface area (Å²) in [6, 6.07) is 1.89. The van der Waals surface area contributed by atoms with Gasteiger partial charge < -0.3 is 10.2 Å². The largest absolute Gasteiger partial charge is 0.338 e. The molecule has 0 spiro atoms. The monoisotopic (exact) mass is 314 g/mol. The number of nitrogens with zero attached hydrogens (tertiary/aromatic N) is 5. The molecule has 1 N–H and O–H groups in total. The molecular formula is C17H26N6. The maximum atomic E-state index is 4.53. The van der Waals surface area contributed by atoms with Crippen LogP contribution >= 0.6 is 0 Å². The van der Waals surface area contributed by atoms with Gasteiger partial charge in [0.2, 0.25) is 0 Å². The van der Waals surface area contributed by atoms with Gasteiger partial charge >= 0.3 is 0 Å². The van der Waals surface area contributed by atoms with Gasteiger partial charge in [-0.05, 0) is 32.0 Å². The van der Waals surface area contributed by atoms with Gasteiger partial charge in [-0.3, -0.25) is 4.68 Å². The van der Waals surface area contributed by atoms with E-state index in [9.17, 15) is 0 Å². The normalized spacial score (nSPS) is 16.0. The number of anilines is 2. The van der Waals surface area contributed by atoms with Crippen molar-refractivity contribution in [2.24, 2.45) is 0 Å². The number of hydrogen-bond acceptors (Lipinski definition) is 5. The molecule has 0 aliphatic carbocycles. The van der Waals surface area contributed by atoms with Crippen LogP contribution in [0.1, 0.15) is 44.9 Å². The van der Waals surface area contributed by atoms with Crippen LogP contribution in [0.5, 0.6) is 0 Å². The molecular weight excluding hydrogens is 288 g/mol. The van der Waals surface area contributed by atoms with E-state index in [1.807, 2.05) is 23.1 Å². The van der Waals surface area contributed by atoms with Crippen molar-refractivity contribution in [2.45, 2.75) is 45.6 Å². The molecule has 124 valence electrons. The molecule has 1 saturated heterocycles. The Balaban J connectivity index is 1.55. The van der Waals surface area contributed by atoms with Gasteiger partial charge in [0.25, 0.3) is 0 Å². The van der Waals surface area contributed by atoms with Gasteiger partial charge in [-0.25, -0.2) is 9.97 Å². The van der Waals surface area contributed by atoms with Crippen LogP contribution in [0.15, 0.2) is 24.7 Å². The van der Waals surface area contributed by atoms with Crippen molar-refractivity contribution in [3.05, 3.63) is 30.5 Å². The van der Waals surface area contributed by atoms with Gasteiger partial charge in [0.1, 0.15) is 11.6 Å². The Morgan fingerprint density at radius 1 is 1.17 bits per heavy atom. The third-order valence-electron chi connectivity index (χ3n) is 4.19. The zero-order chi connectivity index (χ0) is 16.1. The molecule has 0 radical (unpaired) electrons. The summed E-state index contributed by atoms with van der Waals surface area (Å²) in [7, 11) is 0. The van der Waals surface area contributed by atoms with Gasteiger partial charge in [0.05, 0.1) is 18.4 Å². The number of rotatable bonds is 6. The summed E-state index contributed by atoms with van der Waals surface area (Å²) in [5, 5.41) is 7.75. The average Bonchev–Trinajstić information content (AvgIpc) is 3.01. The summed E-state index contributed by atoms with van der Waals surface area (Å²) in [6.07, 6.45) is 9.74. The van der Waals surface area contributed by atoms with Crippen LogP contribution in [0.4, 0.5) is 11.5 Å². The Morgan fingerprint density at radius 2 is 2.00 bits per heavy atom. The second-order valence-corrected chi connectivity index (χ2v) is 6.47. The molecule has 0 unspecified atom stereocenters. The SMILES string of the molecule is CC(C)c1nccc(Nc2cnn(CCN3CCCCC3)c2)n1. The van der Waals surface area contributed by atoms with E-state index in [-0.39, 0.29) is 0 Å². The van der Waals surface area contributed by atoms with Crippen molar-refractivity contribution >= 4 is 11.5 Å². The standard InChI is InChI=1S/C17H26N6/c1-14(2)17-18-7-6-16(21-17)20-15-12-19-23(13-15)11-10-22-8-4-3-5-9-22/h6-7,12-14H,3-5,8-11H2,1-2H3,(H,18,20,21). The Hall–Kier alpha value is -1.95. The fourth-order valence-electron chi connectivity index (χ4n) is 2.85. The summed E-state index contributed by atoms with van der Waals surface area (Å²) < 4.78 is 2.00. The third kappa shape index (κ3) is 4.51. The van der Waals surface area contributed by atoms with Crippen LogP contribution in [0.2, 0.25) is 0 Å². The summed E-state index contributed by atoms with van der Waals surface area (Å²) in [6.45, 7) is 8.65. The molecule has 3 rings (SSSR count). The van der Waals surface area contributed by atoms with E-state index in [4.69, 9.17) is 0 Å². The molecule has 6 heteroatoms. The van der Waals surface area contributed by atoms with Crippen molar-refractivity contribution in [3.63, 3.8) is 0 Å². The predicted molar refractivity (Wildman–Crippen MR) is 91.9 cm³/mol. The maximum Gasteiger partial charge on any atom is 0.134 e. The first-order valence-electron chi connectivity index (χ1n) is 8.55. The summed E-state index contributed by atoms with van der Waals surface area (Å²) >= 11 is 0. The molecule has 0 atom stereocenters. The molecule has 0 bridgehead atoms. The van der Waals surface area contributed by atoms with Crippen LogP contribution in [0.25, 0.3) is 0 Å². The van der Waals surface area contributed by atoms with E-state index >= 15 is 0 Å². The quantitative estimate of drug-likeness (QED) is 0.888. The summed E-state index contributed by atoms with van der Waals surface area (Å²) in [5.41, 5.74) is 0.969. The van der Waals surface area contributed by atoms with E-state index in [2.05, 4.69) is 39.1 Å². The maximum absolute atomic E-state index is 4.53. The fraction of sp³-hybridized carbons (Fsp3) is 0.588. The van der Waals surface area contributed by atoms with Crippen molar-refractivity contribution in [3.8, 4) is 0 Å². The first-order valence-corrected chi connectivity index (χ1v) is 8.55. The smallest absolute Gasteiger partial charge is 0.134 e. The predicted octanol–water partition coefficient (Wildman–Crippen LogP) is 3.03. The van der Waals surface area contributed by atoms with Gasteiger partial charge in [0.15, 0.2) is 0 Å². The molecule has 0 aromatic carbocycles. The lowest BCUT2D eigenvalue weighted by Gasteiger charge is -2.26. The average molecular weight is 314 g/mol. The highest BCUT2D eigenvalue weighted by Gasteiger charge is 2.10. The molecule has 3 heterocycles. The van der Waals surface area contributed by atoms with Crippen LogP contribution < -0.4 is 5.32 Å². The van der Waals surface area contributed by atoms with Crippen LogP contribution in [-0.4, -0.2) is 44.3 Å². The zero-order valence-corrected chi connectivity index (χ0v) is 14.1. The van der Waals surface area contributed by atoms with Gasteiger partial charge in [-0.2, -0.15) is 5.10 Å². The molecule has 2 aromatic rings. The van der Waals surface area contributed by atoms with Gasteiger partial charge in [-0.15, -0.1) is 0 Å². The highest BCUT2D eigenvalue weighted by molar-refractivity contribution is 5.53. The highest BCUT2D eigenvalue weighted by atomic mass is 15.3. The van der Waals surface area contributed by atoms with Gasteiger partial charge in [-0.1, -0.05) is 20.3 Å². The van der Waals surface area contributed by atoms with Crippen LogP contribution in [0, 0.1) is 0 Å². The Morgan fingerprint density at radius 3 is 2.78 bits per heavy atom. The molecule has 2 aromatic heterocycles. The van der Waals surface area contributed by atoms with E-state index < -0.39 is 0 Å². The molecule has 6 nitrogen and oxygen atoms in total. The van der Waals surface area contributed by atoms with Crippen molar-refractivity contribution in [1.82, 2.24) is 24.6 Å². The lowest BCUT2D eigenvalue weighted by molar-refractivity contribution is 0.218. The van der Waals surface area contributed by atoms with Crippen LogP contribution in [-0.2, 0) is 6.54 Å². The van der Waals surface area contributed by atoms with Crippen molar-refractivity contribution in [2.75, 3.05) is 25.0 Å². The third-order valence-corrected chi connectivity index (χ3v) is 4.19. The summed E-state index contributed by atoms with van der Waals surface area (Å²) in [4.78, 5) is 11.3. The molecule has 0 saturated carbocycles.